The third kappa shape index (κ3) is 4.20. The van der Waals surface area contributed by atoms with E-state index in [1.807, 2.05) is 67.7 Å². The standard InChI is InChI=1S/C28H26ClN3O3/c1-17-11-12-24(22(29)15-17)31-27(33)25-19-8-3-4-9-20(19)28(34)32(13-14-35-2)26(25)21-16-30-23-10-6-5-7-18(21)23/h3-12,15-16,25-26,30H,13-14H2,1-2H3,(H,31,33)/t25-,26+/m0/s1. The molecule has 7 heteroatoms. The molecule has 0 bridgehead atoms. The van der Waals surface area contributed by atoms with Crippen molar-refractivity contribution in [2.24, 2.45) is 0 Å². The summed E-state index contributed by atoms with van der Waals surface area (Å²) in [7, 11) is 1.60. The normalized spacial score (nSPS) is 17.5. The fourth-order valence-corrected chi connectivity index (χ4v) is 5.21. The fourth-order valence-electron chi connectivity index (χ4n) is 4.93. The quantitative estimate of drug-likeness (QED) is 0.366. The number of rotatable bonds is 6. The number of carbonyl (C=O) groups excluding carboxylic acids is 2. The van der Waals surface area contributed by atoms with Crippen LogP contribution < -0.4 is 5.32 Å². The van der Waals surface area contributed by atoms with Crippen molar-refractivity contribution >= 4 is 40.0 Å². The van der Waals surface area contributed by atoms with Crippen molar-refractivity contribution in [2.75, 3.05) is 25.6 Å². The van der Waals surface area contributed by atoms with Gasteiger partial charge < -0.3 is 19.9 Å². The maximum atomic E-state index is 14.0. The topological polar surface area (TPSA) is 74.4 Å². The molecule has 0 radical (unpaired) electrons. The van der Waals surface area contributed by atoms with Gasteiger partial charge in [0.1, 0.15) is 0 Å². The Bertz CT molecular complexity index is 1410. The molecule has 1 aromatic heterocycles. The van der Waals surface area contributed by atoms with Crippen LogP contribution in [0.4, 0.5) is 5.69 Å². The Balaban J connectivity index is 1.67. The van der Waals surface area contributed by atoms with Gasteiger partial charge in [-0.3, -0.25) is 9.59 Å². The summed E-state index contributed by atoms with van der Waals surface area (Å²) in [5.74, 6) is -1.00. The van der Waals surface area contributed by atoms with Gasteiger partial charge in [0.25, 0.3) is 5.91 Å². The highest BCUT2D eigenvalue weighted by Crippen LogP contribution is 2.45. The second kappa shape index (κ2) is 9.56. The van der Waals surface area contributed by atoms with Crippen LogP contribution in [0.15, 0.2) is 72.9 Å². The maximum absolute atomic E-state index is 14.0. The lowest BCUT2D eigenvalue weighted by molar-refractivity contribution is -0.119. The van der Waals surface area contributed by atoms with Crippen molar-refractivity contribution in [2.45, 2.75) is 18.9 Å². The van der Waals surface area contributed by atoms with Gasteiger partial charge in [-0.05, 0) is 42.3 Å². The number of nitrogens with zero attached hydrogens (tertiary/aromatic N) is 1. The molecule has 2 amide bonds. The Hall–Kier alpha value is -3.61. The number of para-hydroxylation sites is 1. The van der Waals surface area contributed by atoms with Crippen molar-refractivity contribution in [3.8, 4) is 0 Å². The molecule has 2 atom stereocenters. The molecule has 178 valence electrons. The van der Waals surface area contributed by atoms with Crippen LogP contribution in [0.2, 0.25) is 5.02 Å². The summed E-state index contributed by atoms with van der Waals surface area (Å²) in [5.41, 5.74) is 4.59. The van der Waals surface area contributed by atoms with Crippen LogP contribution in [0.3, 0.4) is 0 Å². The lowest BCUT2D eigenvalue weighted by Gasteiger charge is -2.41. The zero-order chi connectivity index (χ0) is 24.5. The number of benzene rings is 3. The van der Waals surface area contributed by atoms with E-state index in [4.69, 9.17) is 16.3 Å². The summed E-state index contributed by atoms with van der Waals surface area (Å²) >= 11 is 6.45. The number of aryl methyl sites for hydroxylation is 1. The molecular formula is C28H26ClN3O3. The van der Waals surface area contributed by atoms with Crippen molar-refractivity contribution in [3.63, 3.8) is 0 Å². The van der Waals surface area contributed by atoms with E-state index >= 15 is 0 Å². The largest absolute Gasteiger partial charge is 0.383 e. The van der Waals surface area contributed by atoms with Gasteiger partial charge in [-0.1, -0.05) is 54.1 Å². The number of carbonyl (C=O) groups is 2. The molecule has 0 saturated carbocycles. The zero-order valence-electron chi connectivity index (χ0n) is 19.5. The van der Waals surface area contributed by atoms with E-state index in [2.05, 4.69) is 10.3 Å². The fraction of sp³-hybridized carbons (Fsp3) is 0.214. The second-order valence-corrected chi connectivity index (χ2v) is 9.17. The molecule has 6 nitrogen and oxygen atoms in total. The molecule has 1 aliphatic heterocycles. The Morgan fingerprint density at radius 1 is 1.09 bits per heavy atom. The average Bonchev–Trinajstić information content (AvgIpc) is 3.29. The number of aromatic amines is 1. The maximum Gasteiger partial charge on any atom is 0.254 e. The first-order chi connectivity index (χ1) is 17.0. The van der Waals surface area contributed by atoms with Gasteiger partial charge in [0.2, 0.25) is 5.91 Å². The number of ether oxygens (including phenoxy) is 1. The van der Waals surface area contributed by atoms with Crippen LogP contribution in [0, 0.1) is 6.92 Å². The summed E-state index contributed by atoms with van der Waals surface area (Å²) in [6.07, 6.45) is 1.90. The minimum atomic E-state index is -0.655. The Morgan fingerprint density at radius 3 is 2.66 bits per heavy atom. The Labute approximate surface area is 208 Å². The monoisotopic (exact) mass is 487 g/mol. The van der Waals surface area contributed by atoms with Crippen molar-refractivity contribution < 1.29 is 14.3 Å². The van der Waals surface area contributed by atoms with E-state index in [9.17, 15) is 9.59 Å². The van der Waals surface area contributed by atoms with Gasteiger partial charge in [-0.25, -0.2) is 0 Å². The van der Waals surface area contributed by atoms with E-state index < -0.39 is 12.0 Å². The minimum Gasteiger partial charge on any atom is -0.383 e. The van der Waals surface area contributed by atoms with Crippen LogP contribution in [0.25, 0.3) is 10.9 Å². The van der Waals surface area contributed by atoms with Gasteiger partial charge >= 0.3 is 0 Å². The SMILES string of the molecule is COCCN1C(=O)c2ccccc2[C@H](C(=O)Nc2ccc(C)cc2Cl)[C@H]1c1c[nH]c2ccccc12. The number of hydrogen-bond donors (Lipinski definition) is 2. The smallest absolute Gasteiger partial charge is 0.254 e. The number of anilines is 1. The zero-order valence-corrected chi connectivity index (χ0v) is 20.3. The predicted molar refractivity (Wildman–Crippen MR) is 138 cm³/mol. The number of amides is 2. The number of nitrogens with one attached hydrogen (secondary N) is 2. The van der Waals surface area contributed by atoms with Crippen LogP contribution >= 0.6 is 11.6 Å². The summed E-state index contributed by atoms with van der Waals surface area (Å²) in [6.45, 7) is 2.65. The number of methoxy groups -OCH3 is 1. The van der Waals surface area contributed by atoms with Gasteiger partial charge in [-0.2, -0.15) is 0 Å². The highest BCUT2D eigenvalue weighted by Gasteiger charge is 2.44. The van der Waals surface area contributed by atoms with Crippen LogP contribution in [-0.4, -0.2) is 42.0 Å². The minimum absolute atomic E-state index is 0.120. The number of H-pyrrole nitrogens is 1. The van der Waals surface area contributed by atoms with Crippen LogP contribution in [0.5, 0.6) is 0 Å². The number of hydrogen-bond acceptors (Lipinski definition) is 3. The molecule has 35 heavy (non-hydrogen) atoms. The molecule has 0 unspecified atom stereocenters. The van der Waals surface area contributed by atoms with E-state index in [0.717, 1.165) is 22.0 Å². The van der Waals surface area contributed by atoms with E-state index in [1.165, 1.54) is 0 Å². The second-order valence-electron chi connectivity index (χ2n) is 8.76. The van der Waals surface area contributed by atoms with Crippen LogP contribution in [0.1, 0.15) is 39.0 Å². The first kappa shape index (κ1) is 23.1. The molecule has 0 spiro atoms. The highest BCUT2D eigenvalue weighted by molar-refractivity contribution is 6.33. The number of aromatic nitrogens is 1. The van der Waals surface area contributed by atoms with E-state index in [-0.39, 0.29) is 11.8 Å². The predicted octanol–water partition coefficient (Wildman–Crippen LogP) is 5.70. The van der Waals surface area contributed by atoms with E-state index in [1.54, 1.807) is 24.1 Å². The lowest BCUT2D eigenvalue weighted by Crippen LogP contribution is -2.47. The lowest BCUT2D eigenvalue weighted by atomic mass is 9.79. The molecule has 0 aliphatic carbocycles. The molecule has 5 rings (SSSR count). The highest BCUT2D eigenvalue weighted by atomic mass is 35.5. The number of halogens is 1. The van der Waals surface area contributed by atoms with Crippen molar-refractivity contribution in [1.82, 2.24) is 9.88 Å². The summed E-state index contributed by atoms with van der Waals surface area (Å²) < 4.78 is 5.33. The van der Waals surface area contributed by atoms with Gasteiger partial charge in [0.15, 0.2) is 0 Å². The molecule has 0 fully saturated rings. The summed E-state index contributed by atoms with van der Waals surface area (Å²) in [4.78, 5) is 32.7. The summed E-state index contributed by atoms with van der Waals surface area (Å²) in [5, 5.41) is 4.47. The van der Waals surface area contributed by atoms with Crippen molar-refractivity contribution in [1.29, 1.82) is 0 Å². The molecule has 2 N–H and O–H groups in total. The molecule has 3 aromatic carbocycles. The molecular weight excluding hydrogens is 462 g/mol. The summed E-state index contributed by atoms with van der Waals surface area (Å²) in [6, 6.07) is 20.2. The van der Waals surface area contributed by atoms with Crippen molar-refractivity contribution in [3.05, 3.63) is 100 Å². The molecule has 1 aliphatic rings. The molecule has 0 saturated heterocycles. The first-order valence-corrected chi connectivity index (χ1v) is 11.9. The first-order valence-electron chi connectivity index (χ1n) is 11.5. The van der Waals surface area contributed by atoms with Gasteiger partial charge in [-0.15, -0.1) is 0 Å². The third-order valence-corrected chi connectivity index (χ3v) is 6.89. The Morgan fingerprint density at radius 2 is 1.86 bits per heavy atom. The number of fused-ring (bicyclic) bond motifs is 2. The molecule has 4 aromatic rings. The van der Waals surface area contributed by atoms with Gasteiger partial charge in [0.05, 0.1) is 29.3 Å². The third-order valence-electron chi connectivity index (χ3n) is 6.58. The van der Waals surface area contributed by atoms with Crippen LogP contribution in [-0.2, 0) is 9.53 Å². The van der Waals surface area contributed by atoms with E-state index in [0.29, 0.717) is 35.0 Å². The van der Waals surface area contributed by atoms with Gasteiger partial charge in [0, 0.05) is 41.9 Å². The average molecular weight is 488 g/mol. The Kier molecular flexibility index (Phi) is 6.32. The molecule has 2 heterocycles.